The Labute approximate surface area is 122 Å². The van der Waals surface area contributed by atoms with Crippen molar-refractivity contribution in [2.24, 2.45) is 0 Å². The summed E-state index contributed by atoms with van der Waals surface area (Å²) < 4.78 is 39.4. The highest BCUT2D eigenvalue weighted by Crippen LogP contribution is 2.27. The summed E-state index contributed by atoms with van der Waals surface area (Å²) in [6.45, 7) is 0. The number of para-hydroxylation sites is 1. The fraction of sp³-hybridized carbons (Fsp3) is 0.0714. The number of nitrogens with two attached hydrogens (primary N) is 1. The first-order valence-electron chi connectivity index (χ1n) is 5.91. The second kappa shape index (κ2) is 5.42. The molecule has 0 aliphatic rings. The molecule has 5 nitrogen and oxygen atoms in total. The van der Waals surface area contributed by atoms with Gasteiger partial charge in [-0.2, -0.15) is 5.26 Å². The van der Waals surface area contributed by atoms with Crippen molar-refractivity contribution in [3.63, 3.8) is 0 Å². The lowest BCUT2D eigenvalue weighted by Gasteiger charge is -2.20. The third kappa shape index (κ3) is 2.66. The van der Waals surface area contributed by atoms with Crippen molar-refractivity contribution in [3.05, 3.63) is 53.8 Å². The number of anilines is 2. The minimum absolute atomic E-state index is 0.290. The number of halogens is 1. The highest BCUT2D eigenvalue weighted by molar-refractivity contribution is 7.93. The van der Waals surface area contributed by atoms with Gasteiger partial charge >= 0.3 is 0 Å². The zero-order valence-electron chi connectivity index (χ0n) is 11.1. The fourth-order valence-corrected chi connectivity index (χ4v) is 3.11. The van der Waals surface area contributed by atoms with Gasteiger partial charge in [0.2, 0.25) is 0 Å². The highest BCUT2D eigenvalue weighted by Gasteiger charge is 2.25. The van der Waals surface area contributed by atoms with E-state index in [2.05, 4.69) is 0 Å². The minimum Gasteiger partial charge on any atom is -0.395 e. The molecule has 0 aromatic heterocycles. The van der Waals surface area contributed by atoms with Gasteiger partial charge in [0.15, 0.2) is 0 Å². The van der Waals surface area contributed by atoms with Crippen molar-refractivity contribution < 1.29 is 12.8 Å². The SMILES string of the molecule is CN(c1cccc(C#N)c1)S(=O)(=O)c1cccc(F)c1N. The molecule has 21 heavy (non-hydrogen) atoms. The zero-order chi connectivity index (χ0) is 15.6. The van der Waals surface area contributed by atoms with Crippen LogP contribution in [0.25, 0.3) is 0 Å². The first kappa shape index (κ1) is 14.8. The third-order valence-electron chi connectivity index (χ3n) is 2.99. The Morgan fingerprint density at radius 2 is 1.90 bits per heavy atom. The van der Waals surface area contributed by atoms with Crippen LogP contribution in [0.15, 0.2) is 47.4 Å². The lowest BCUT2D eigenvalue weighted by molar-refractivity contribution is 0.591. The first-order chi connectivity index (χ1) is 9.87. The molecule has 0 saturated carbocycles. The highest BCUT2D eigenvalue weighted by atomic mass is 32.2. The van der Waals surface area contributed by atoms with Gasteiger partial charge in [-0.05, 0) is 30.3 Å². The molecule has 0 radical (unpaired) electrons. The van der Waals surface area contributed by atoms with Crippen molar-refractivity contribution in [1.29, 1.82) is 5.26 Å². The van der Waals surface area contributed by atoms with Crippen molar-refractivity contribution in [1.82, 2.24) is 0 Å². The molecule has 0 fully saturated rings. The fourth-order valence-electron chi connectivity index (χ4n) is 1.80. The molecular weight excluding hydrogens is 293 g/mol. The topological polar surface area (TPSA) is 87.2 Å². The van der Waals surface area contributed by atoms with Crippen LogP contribution in [0.5, 0.6) is 0 Å². The van der Waals surface area contributed by atoms with E-state index in [0.29, 0.717) is 5.56 Å². The Hall–Kier alpha value is -2.59. The smallest absolute Gasteiger partial charge is 0.266 e. The molecule has 0 aliphatic carbocycles. The summed E-state index contributed by atoms with van der Waals surface area (Å²) in [5.74, 6) is -0.796. The molecule has 108 valence electrons. The minimum atomic E-state index is -4.01. The quantitative estimate of drug-likeness (QED) is 0.880. The molecule has 7 heteroatoms. The maximum atomic E-state index is 13.4. The van der Waals surface area contributed by atoms with E-state index in [-0.39, 0.29) is 10.6 Å². The van der Waals surface area contributed by atoms with E-state index in [1.165, 1.54) is 31.3 Å². The van der Waals surface area contributed by atoms with Gasteiger partial charge in [-0.3, -0.25) is 4.31 Å². The van der Waals surface area contributed by atoms with Crippen LogP contribution in [0.4, 0.5) is 15.8 Å². The monoisotopic (exact) mass is 305 g/mol. The third-order valence-corrected chi connectivity index (χ3v) is 4.83. The van der Waals surface area contributed by atoms with Crippen LogP contribution in [-0.2, 0) is 10.0 Å². The molecule has 0 unspecified atom stereocenters. The summed E-state index contributed by atoms with van der Waals surface area (Å²) in [5, 5.41) is 8.86. The largest absolute Gasteiger partial charge is 0.395 e. The Balaban J connectivity index is 2.53. The lowest BCUT2D eigenvalue weighted by atomic mass is 10.2. The number of sulfonamides is 1. The number of nitriles is 1. The molecule has 2 aromatic rings. The average molecular weight is 305 g/mol. The standard InChI is InChI=1S/C14H12FN3O2S/c1-18(11-5-2-4-10(8-11)9-16)21(19,20)13-7-3-6-12(15)14(13)17/h2-8H,17H2,1H3. The lowest BCUT2D eigenvalue weighted by Crippen LogP contribution is -2.27. The zero-order valence-corrected chi connectivity index (χ0v) is 11.9. The van der Waals surface area contributed by atoms with Gasteiger partial charge in [-0.25, -0.2) is 12.8 Å². The Morgan fingerprint density at radius 3 is 2.57 bits per heavy atom. The van der Waals surface area contributed by atoms with Crippen molar-refractivity contribution in [3.8, 4) is 6.07 Å². The molecule has 0 atom stereocenters. The molecule has 0 amide bonds. The van der Waals surface area contributed by atoms with Crippen molar-refractivity contribution in [2.75, 3.05) is 17.1 Å². The number of hydrogen-bond donors (Lipinski definition) is 1. The Kier molecular flexibility index (Phi) is 3.82. The number of nitrogen functional groups attached to an aromatic ring is 1. The maximum Gasteiger partial charge on any atom is 0.266 e. The first-order valence-corrected chi connectivity index (χ1v) is 7.35. The van der Waals surface area contributed by atoms with Gasteiger partial charge in [-0.1, -0.05) is 12.1 Å². The summed E-state index contributed by atoms with van der Waals surface area (Å²) in [5.41, 5.74) is 5.69. The van der Waals surface area contributed by atoms with Crippen LogP contribution in [0.2, 0.25) is 0 Å². The second-order valence-corrected chi connectivity index (χ2v) is 6.22. The van der Waals surface area contributed by atoms with Gasteiger partial charge in [0, 0.05) is 7.05 Å². The van der Waals surface area contributed by atoms with E-state index >= 15 is 0 Å². The van der Waals surface area contributed by atoms with Crippen LogP contribution in [0, 0.1) is 17.1 Å². The molecule has 0 spiro atoms. The van der Waals surface area contributed by atoms with Gasteiger partial charge in [-0.15, -0.1) is 0 Å². The molecule has 0 aliphatic heterocycles. The number of rotatable bonds is 3. The molecule has 2 N–H and O–H groups in total. The van der Waals surface area contributed by atoms with Crippen molar-refractivity contribution in [2.45, 2.75) is 4.90 Å². The van der Waals surface area contributed by atoms with E-state index in [1.54, 1.807) is 12.1 Å². The Bertz CT molecular complexity index is 828. The van der Waals surface area contributed by atoms with Gasteiger partial charge in [0.25, 0.3) is 10.0 Å². The molecule has 2 aromatic carbocycles. The van der Waals surface area contributed by atoms with Crippen LogP contribution in [-0.4, -0.2) is 15.5 Å². The second-order valence-electron chi connectivity index (χ2n) is 4.29. The van der Waals surface area contributed by atoms with E-state index in [0.717, 1.165) is 10.4 Å². The molecule has 0 saturated heterocycles. The summed E-state index contributed by atoms with van der Waals surface area (Å²) >= 11 is 0. The van der Waals surface area contributed by atoms with E-state index in [4.69, 9.17) is 11.0 Å². The molecule has 0 bridgehead atoms. The van der Waals surface area contributed by atoms with Crippen LogP contribution in [0.1, 0.15) is 5.56 Å². The number of hydrogen-bond acceptors (Lipinski definition) is 4. The summed E-state index contributed by atoms with van der Waals surface area (Å²) in [6, 6.07) is 11.6. The van der Waals surface area contributed by atoms with E-state index in [1.807, 2.05) is 6.07 Å². The summed E-state index contributed by atoms with van der Waals surface area (Å²) in [4.78, 5) is -0.313. The van der Waals surface area contributed by atoms with Gasteiger partial charge in [0.1, 0.15) is 10.7 Å². The van der Waals surface area contributed by atoms with Crippen LogP contribution in [0.3, 0.4) is 0 Å². The average Bonchev–Trinajstić information content (AvgIpc) is 2.49. The van der Waals surface area contributed by atoms with Gasteiger partial charge < -0.3 is 5.73 Å². The molecule has 0 heterocycles. The normalized spacial score (nSPS) is 10.9. The predicted molar refractivity (Wildman–Crippen MR) is 77.6 cm³/mol. The maximum absolute atomic E-state index is 13.4. The Morgan fingerprint density at radius 1 is 1.24 bits per heavy atom. The summed E-state index contributed by atoms with van der Waals surface area (Å²) in [6.07, 6.45) is 0. The van der Waals surface area contributed by atoms with Gasteiger partial charge in [0.05, 0.1) is 23.0 Å². The molecule has 2 rings (SSSR count). The van der Waals surface area contributed by atoms with Crippen LogP contribution < -0.4 is 10.0 Å². The van der Waals surface area contributed by atoms with E-state index < -0.39 is 21.5 Å². The van der Waals surface area contributed by atoms with E-state index in [9.17, 15) is 12.8 Å². The summed E-state index contributed by atoms with van der Waals surface area (Å²) in [7, 11) is -2.70. The molecular formula is C14H12FN3O2S. The number of benzene rings is 2. The number of nitrogens with zero attached hydrogens (tertiary/aromatic N) is 2. The van der Waals surface area contributed by atoms with Crippen molar-refractivity contribution >= 4 is 21.4 Å². The predicted octanol–water partition coefficient (Wildman–Crippen LogP) is 2.10. The van der Waals surface area contributed by atoms with Crippen LogP contribution >= 0.6 is 0 Å².